The number of hydrogen-bond acceptors (Lipinski definition) is 7. The first-order chi connectivity index (χ1) is 12.6. The molecule has 2 heterocycles. The lowest BCUT2D eigenvalue weighted by Gasteiger charge is -2.12. The van der Waals surface area contributed by atoms with Crippen LogP contribution in [0.15, 0.2) is 37.1 Å². The minimum atomic E-state index is -0.0898. The molecule has 0 aliphatic heterocycles. The van der Waals surface area contributed by atoms with E-state index in [0.717, 1.165) is 17.3 Å². The summed E-state index contributed by atoms with van der Waals surface area (Å²) >= 11 is 4.81. The molecular formula is C17H19BrN4O3S. The van der Waals surface area contributed by atoms with Crippen LogP contribution in [-0.2, 0) is 23.5 Å². The number of thioether (sulfide) groups is 1. The highest BCUT2D eigenvalue weighted by atomic mass is 79.9. The highest BCUT2D eigenvalue weighted by Crippen LogP contribution is 2.23. The zero-order valence-corrected chi connectivity index (χ0v) is 17.0. The maximum absolute atomic E-state index is 12.9. The SMILES string of the molecule is CCCc1noc(CSc2nc3ccc(Br)cc3c(=O)n2CCOC)n1. The first kappa shape index (κ1) is 19.1. The van der Waals surface area contributed by atoms with Crippen LogP contribution in [0.1, 0.15) is 25.1 Å². The van der Waals surface area contributed by atoms with Gasteiger partial charge in [0.1, 0.15) is 0 Å². The molecule has 0 saturated carbocycles. The third-order valence-corrected chi connectivity index (χ3v) is 5.16. The van der Waals surface area contributed by atoms with E-state index in [0.29, 0.717) is 46.7 Å². The molecule has 0 amide bonds. The third kappa shape index (κ3) is 4.33. The molecule has 0 radical (unpaired) electrons. The van der Waals surface area contributed by atoms with Crippen LogP contribution in [0.4, 0.5) is 0 Å². The van der Waals surface area contributed by atoms with Gasteiger partial charge in [0.05, 0.1) is 29.8 Å². The van der Waals surface area contributed by atoms with Crippen molar-refractivity contribution < 1.29 is 9.26 Å². The van der Waals surface area contributed by atoms with Crippen LogP contribution < -0.4 is 5.56 Å². The van der Waals surface area contributed by atoms with Crippen LogP contribution in [-0.4, -0.2) is 33.4 Å². The largest absolute Gasteiger partial charge is 0.383 e. The van der Waals surface area contributed by atoms with E-state index in [1.807, 2.05) is 12.1 Å². The molecule has 2 aromatic heterocycles. The number of benzene rings is 1. The van der Waals surface area contributed by atoms with E-state index >= 15 is 0 Å². The van der Waals surface area contributed by atoms with E-state index in [-0.39, 0.29) is 5.56 Å². The van der Waals surface area contributed by atoms with Gasteiger partial charge in [-0.1, -0.05) is 39.8 Å². The highest BCUT2D eigenvalue weighted by molar-refractivity contribution is 9.10. The Morgan fingerprint density at radius 3 is 2.96 bits per heavy atom. The molecule has 0 saturated heterocycles. The number of methoxy groups -OCH3 is 1. The maximum Gasteiger partial charge on any atom is 0.262 e. The molecule has 26 heavy (non-hydrogen) atoms. The predicted molar refractivity (Wildman–Crippen MR) is 103 cm³/mol. The van der Waals surface area contributed by atoms with Crippen LogP contribution in [0, 0.1) is 0 Å². The summed E-state index contributed by atoms with van der Waals surface area (Å²) in [5.74, 6) is 1.69. The Labute approximate surface area is 163 Å². The van der Waals surface area contributed by atoms with Crippen molar-refractivity contribution >= 4 is 38.6 Å². The first-order valence-corrected chi connectivity index (χ1v) is 10.0. The predicted octanol–water partition coefficient (Wildman–Crippen LogP) is 3.43. The molecule has 138 valence electrons. The van der Waals surface area contributed by atoms with Gasteiger partial charge in [0.15, 0.2) is 11.0 Å². The summed E-state index contributed by atoms with van der Waals surface area (Å²) in [5, 5.41) is 5.13. The molecule has 7 nitrogen and oxygen atoms in total. The highest BCUT2D eigenvalue weighted by Gasteiger charge is 2.14. The van der Waals surface area contributed by atoms with Gasteiger partial charge in [-0.25, -0.2) is 4.98 Å². The average molecular weight is 439 g/mol. The molecule has 0 bridgehead atoms. The van der Waals surface area contributed by atoms with Gasteiger partial charge >= 0.3 is 0 Å². The summed E-state index contributed by atoms with van der Waals surface area (Å²) in [7, 11) is 1.61. The van der Waals surface area contributed by atoms with E-state index in [2.05, 4.69) is 38.0 Å². The number of aromatic nitrogens is 4. The fourth-order valence-corrected chi connectivity index (χ4v) is 3.69. The number of halogens is 1. The van der Waals surface area contributed by atoms with Crippen LogP contribution in [0.25, 0.3) is 10.9 Å². The lowest BCUT2D eigenvalue weighted by atomic mass is 10.2. The second kappa shape index (κ2) is 8.79. The number of ether oxygens (including phenoxy) is 1. The van der Waals surface area contributed by atoms with Crippen molar-refractivity contribution in [2.24, 2.45) is 0 Å². The third-order valence-electron chi connectivity index (χ3n) is 3.71. The van der Waals surface area contributed by atoms with Gasteiger partial charge < -0.3 is 9.26 Å². The van der Waals surface area contributed by atoms with Gasteiger partial charge in [-0.15, -0.1) is 0 Å². The number of hydrogen-bond donors (Lipinski definition) is 0. The standard InChI is InChI=1S/C17H19BrN4O3S/c1-3-4-14-20-15(25-21-14)10-26-17-19-13-6-5-11(18)9-12(13)16(23)22(17)7-8-24-2/h5-6,9H,3-4,7-8,10H2,1-2H3. The summed E-state index contributed by atoms with van der Waals surface area (Å²) < 4.78 is 12.9. The average Bonchev–Trinajstić information content (AvgIpc) is 3.08. The van der Waals surface area contributed by atoms with Crippen LogP contribution in [0.2, 0.25) is 0 Å². The molecule has 0 fully saturated rings. The lowest BCUT2D eigenvalue weighted by molar-refractivity contribution is 0.183. The fraction of sp³-hybridized carbons (Fsp3) is 0.412. The Hall–Kier alpha value is -1.71. The normalized spacial score (nSPS) is 11.3. The molecule has 1 aromatic carbocycles. The Kier molecular flexibility index (Phi) is 6.44. The number of aryl methyl sites for hydroxylation is 1. The minimum Gasteiger partial charge on any atom is -0.383 e. The van der Waals surface area contributed by atoms with Gasteiger partial charge in [-0.2, -0.15) is 4.98 Å². The van der Waals surface area contributed by atoms with Crippen molar-refractivity contribution in [1.82, 2.24) is 19.7 Å². The smallest absolute Gasteiger partial charge is 0.262 e. The Bertz CT molecular complexity index is 957. The van der Waals surface area contributed by atoms with Gasteiger partial charge in [-0.05, 0) is 24.6 Å². The number of nitrogens with zero attached hydrogens (tertiary/aromatic N) is 4. The van der Waals surface area contributed by atoms with Crippen LogP contribution in [0.3, 0.4) is 0 Å². The van der Waals surface area contributed by atoms with Gasteiger partial charge in [0.25, 0.3) is 5.56 Å². The summed E-state index contributed by atoms with van der Waals surface area (Å²) in [6.45, 7) is 2.92. The summed E-state index contributed by atoms with van der Waals surface area (Å²) in [4.78, 5) is 21.9. The zero-order chi connectivity index (χ0) is 18.5. The quantitative estimate of drug-likeness (QED) is 0.393. The molecular weight excluding hydrogens is 420 g/mol. The van der Waals surface area contributed by atoms with Crippen LogP contribution >= 0.6 is 27.7 Å². The molecule has 3 aromatic rings. The second-order valence-electron chi connectivity index (χ2n) is 5.65. The van der Waals surface area contributed by atoms with Crippen molar-refractivity contribution in [2.45, 2.75) is 37.2 Å². The molecule has 9 heteroatoms. The van der Waals surface area contributed by atoms with Crippen molar-refractivity contribution in [3.05, 3.63) is 44.7 Å². The molecule has 0 unspecified atom stereocenters. The molecule has 3 rings (SSSR count). The van der Waals surface area contributed by atoms with E-state index < -0.39 is 0 Å². The minimum absolute atomic E-state index is 0.0898. The van der Waals surface area contributed by atoms with Crippen molar-refractivity contribution in [2.75, 3.05) is 13.7 Å². The molecule has 0 atom stereocenters. The lowest BCUT2D eigenvalue weighted by Crippen LogP contribution is -2.25. The van der Waals surface area contributed by atoms with Gasteiger partial charge in [0, 0.05) is 18.0 Å². The molecule has 0 N–H and O–H groups in total. The fourth-order valence-electron chi connectivity index (χ4n) is 2.46. The molecule has 0 aliphatic rings. The number of fused-ring (bicyclic) bond motifs is 1. The van der Waals surface area contributed by atoms with Crippen molar-refractivity contribution in [1.29, 1.82) is 0 Å². The summed E-state index contributed by atoms with van der Waals surface area (Å²) in [6, 6.07) is 5.49. The van der Waals surface area contributed by atoms with E-state index in [1.165, 1.54) is 11.8 Å². The van der Waals surface area contributed by atoms with Crippen molar-refractivity contribution in [3.63, 3.8) is 0 Å². The van der Waals surface area contributed by atoms with Crippen LogP contribution in [0.5, 0.6) is 0 Å². The van der Waals surface area contributed by atoms with Crippen molar-refractivity contribution in [3.8, 4) is 0 Å². The van der Waals surface area contributed by atoms with E-state index in [9.17, 15) is 4.79 Å². The summed E-state index contributed by atoms with van der Waals surface area (Å²) in [5.41, 5.74) is 0.569. The summed E-state index contributed by atoms with van der Waals surface area (Å²) in [6.07, 6.45) is 1.75. The number of rotatable bonds is 8. The molecule has 0 spiro atoms. The van der Waals surface area contributed by atoms with E-state index in [1.54, 1.807) is 17.7 Å². The maximum atomic E-state index is 12.9. The molecule has 0 aliphatic carbocycles. The first-order valence-electron chi connectivity index (χ1n) is 8.25. The second-order valence-corrected chi connectivity index (χ2v) is 7.51. The Morgan fingerprint density at radius 1 is 1.35 bits per heavy atom. The Morgan fingerprint density at radius 2 is 2.19 bits per heavy atom. The topological polar surface area (TPSA) is 83.0 Å². The zero-order valence-electron chi connectivity index (χ0n) is 14.6. The van der Waals surface area contributed by atoms with Gasteiger partial charge in [-0.3, -0.25) is 9.36 Å². The Balaban J connectivity index is 1.91. The van der Waals surface area contributed by atoms with E-state index in [4.69, 9.17) is 9.26 Å². The monoisotopic (exact) mass is 438 g/mol. The van der Waals surface area contributed by atoms with Gasteiger partial charge in [0.2, 0.25) is 5.89 Å².